The first-order chi connectivity index (χ1) is 22.4. The third-order valence-corrected chi connectivity index (χ3v) is 8.16. The highest BCUT2D eigenvalue weighted by atomic mass is 16.5. The van der Waals surface area contributed by atoms with Crippen molar-refractivity contribution in [1.29, 1.82) is 0 Å². The molecule has 2 aromatic rings. The zero-order chi connectivity index (χ0) is 33.2. The number of aromatic nitrogens is 4. The standard InChI is InChI=1S/C34H56N6O6/c1-45-33(43)29(21-27-23-35-25-37-27)39-31(41)19-17-15-13-11-9-7-5-3-4-6-8-10-12-14-16-18-20-32(42)40-30(34(44)46-2)22-28-24-36-26-38-28/h23-26,29-30H,3-22H2,1-2H3,(H,35,37)(H,36,38)(H,39,41)(H,40,42)/t29-,30-/m0/s1. The van der Waals surface area contributed by atoms with Gasteiger partial charge in [-0.05, 0) is 12.8 Å². The van der Waals surface area contributed by atoms with Crippen molar-refractivity contribution in [3.63, 3.8) is 0 Å². The van der Waals surface area contributed by atoms with Crippen molar-refractivity contribution in [3.8, 4) is 0 Å². The van der Waals surface area contributed by atoms with Gasteiger partial charge in [0.2, 0.25) is 11.8 Å². The molecule has 0 aliphatic rings. The molecule has 0 unspecified atom stereocenters. The first-order valence-corrected chi connectivity index (χ1v) is 17.1. The number of aromatic amines is 2. The van der Waals surface area contributed by atoms with E-state index in [1.165, 1.54) is 78.4 Å². The van der Waals surface area contributed by atoms with Gasteiger partial charge in [-0.3, -0.25) is 9.59 Å². The van der Waals surface area contributed by atoms with Crippen molar-refractivity contribution in [1.82, 2.24) is 30.6 Å². The molecule has 2 aromatic heterocycles. The number of hydrogen-bond acceptors (Lipinski definition) is 8. The lowest BCUT2D eigenvalue weighted by Gasteiger charge is -2.15. The van der Waals surface area contributed by atoms with Crippen molar-refractivity contribution >= 4 is 23.8 Å². The highest BCUT2D eigenvalue weighted by Crippen LogP contribution is 2.15. The van der Waals surface area contributed by atoms with Gasteiger partial charge in [-0.25, -0.2) is 19.6 Å². The van der Waals surface area contributed by atoms with Crippen LogP contribution in [0.4, 0.5) is 0 Å². The van der Waals surface area contributed by atoms with E-state index >= 15 is 0 Å². The SMILES string of the molecule is COC(=O)[C@H](Cc1cnc[nH]1)NC(=O)CCCCCCCCCCCCCCCCCCC(=O)N[C@@H](Cc1cnc[nH]1)C(=O)OC. The topological polar surface area (TPSA) is 168 Å². The van der Waals surface area contributed by atoms with Crippen LogP contribution in [0.1, 0.15) is 127 Å². The molecule has 2 amide bonds. The fourth-order valence-electron chi connectivity index (χ4n) is 5.48. The van der Waals surface area contributed by atoms with Crippen LogP contribution in [0.25, 0.3) is 0 Å². The summed E-state index contributed by atoms with van der Waals surface area (Å²) in [6.07, 6.45) is 26.4. The number of nitrogens with one attached hydrogen (secondary N) is 4. The number of H-pyrrole nitrogens is 2. The molecule has 258 valence electrons. The van der Waals surface area contributed by atoms with Crippen LogP contribution in [-0.2, 0) is 41.5 Å². The molecule has 12 nitrogen and oxygen atoms in total. The second-order valence-electron chi connectivity index (χ2n) is 12.0. The van der Waals surface area contributed by atoms with E-state index in [-0.39, 0.29) is 11.8 Å². The Balaban J connectivity index is 1.34. The number of nitrogens with zero attached hydrogens (tertiary/aromatic N) is 2. The number of imidazole rings is 2. The second-order valence-corrected chi connectivity index (χ2v) is 12.0. The largest absolute Gasteiger partial charge is 0.467 e. The maximum Gasteiger partial charge on any atom is 0.328 e. The van der Waals surface area contributed by atoms with Crippen LogP contribution in [0.3, 0.4) is 0 Å². The Morgan fingerprint density at radius 1 is 0.565 bits per heavy atom. The minimum absolute atomic E-state index is 0.121. The van der Waals surface area contributed by atoms with E-state index in [0.29, 0.717) is 25.7 Å². The number of amides is 2. The zero-order valence-electron chi connectivity index (χ0n) is 28.0. The van der Waals surface area contributed by atoms with Crippen LogP contribution >= 0.6 is 0 Å². The summed E-state index contributed by atoms with van der Waals surface area (Å²) in [6.45, 7) is 0. The summed E-state index contributed by atoms with van der Waals surface area (Å²) in [6, 6.07) is -1.41. The molecule has 0 bridgehead atoms. The van der Waals surface area contributed by atoms with Gasteiger partial charge in [0.25, 0.3) is 0 Å². The quantitative estimate of drug-likeness (QED) is 0.0755. The summed E-state index contributed by atoms with van der Waals surface area (Å²) >= 11 is 0. The summed E-state index contributed by atoms with van der Waals surface area (Å²) < 4.78 is 9.64. The van der Waals surface area contributed by atoms with Gasteiger partial charge in [0.05, 0.1) is 26.9 Å². The zero-order valence-corrected chi connectivity index (χ0v) is 28.0. The smallest absolute Gasteiger partial charge is 0.328 e. The summed E-state index contributed by atoms with van der Waals surface area (Å²) in [5.41, 5.74) is 1.55. The van der Waals surface area contributed by atoms with E-state index in [0.717, 1.165) is 49.9 Å². The van der Waals surface area contributed by atoms with Gasteiger partial charge in [-0.2, -0.15) is 0 Å². The van der Waals surface area contributed by atoms with E-state index in [1.807, 2.05) is 0 Å². The number of carbonyl (C=O) groups is 4. The van der Waals surface area contributed by atoms with E-state index in [1.54, 1.807) is 25.0 Å². The van der Waals surface area contributed by atoms with Crippen molar-refractivity contribution < 1.29 is 28.7 Å². The highest BCUT2D eigenvalue weighted by molar-refractivity contribution is 5.85. The van der Waals surface area contributed by atoms with E-state index in [2.05, 4.69) is 30.6 Å². The number of methoxy groups -OCH3 is 2. The molecule has 0 aliphatic heterocycles. The molecular formula is C34H56N6O6. The molecule has 0 aliphatic carbocycles. The van der Waals surface area contributed by atoms with Crippen LogP contribution in [-0.4, -0.2) is 70.0 Å². The molecule has 0 fully saturated rings. The number of unbranched alkanes of at least 4 members (excludes halogenated alkanes) is 15. The van der Waals surface area contributed by atoms with Crippen LogP contribution < -0.4 is 10.6 Å². The number of rotatable bonds is 27. The molecule has 2 heterocycles. The molecule has 0 radical (unpaired) electrons. The number of esters is 2. The van der Waals surface area contributed by atoms with E-state index < -0.39 is 24.0 Å². The lowest BCUT2D eigenvalue weighted by molar-refractivity contribution is -0.145. The van der Waals surface area contributed by atoms with Crippen LogP contribution in [0.2, 0.25) is 0 Å². The number of carbonyl (C=O) groups excluding carboxylic acids is 4. The molecule has 0 saturated carbocycles. The van der Waals surface area contributed by atoms with Gasteiger partial charge in [0.15, 0.2) is 0 Å². The van der Waals surface area contributed by atoms with Gasteiger partial charge in [0, 0.05) is 49.5 Å². The molecule has 0 spiro atoms. The fraction of sp³-hybridized carbons (Fsp3) is 0.706. The highest BCUT2D eigenvalue weighted by Gasteiger charge is 2.23. The molecule has 46 heavy (non-hydrogen) atoms. The fourth-order valence-corrected chi connectivity index (χ4v) is 5.48. The monoisotopic (exact) mass is 644 g/mol. The van der Waals surface area contributed by atoms with Gasteiger partial charge in [0.1, 0.15) is 12.1 Å². The molecule has 12 heteroatoms. The van der Waals surface area contributed by atoms with Crippen molar-refractivity contribution in [3.05, 3.63) is 36.4 Å². The normalized spacial score (nSPS) is 12.3. The van der Waals surface area contributed by atoms with Crippen LogP contribution in [0.5, 0.6) is 0 Å². The van der Waals surface area contributed by atoms with Gasteiger partial charge >= 0.3 is 11.9 Å². The third-order valence-electron chi connectivity index (χ3n) is 8.16. The molecule has 0 saturated heterocycles. The predicted octanol–water partition coefficient (Wildman–Crippen LogP) is 5.26. The van der Waals surface area contributed by atoms with Gasteiger partial charge < -0.3 is 30.1 Å². The Kier molecular flexibility index (Phi) is 20.5. The Morgan fingerprint density at radius 3 is 1.13 bits per heavy atom. The van der Waals surface area contributed by atoms with Crippen LogP contribution in [0, 0.1) is 0 Å². The third kappa shape index (κ3) is 17.7. The number of ether oxygens (including phenoxy) is 2. The molecule has 0 aromatic carbocycles. The Labute approximate surface area is 274 Å². The van der Waals surface area contributed by atoms with Gasteiger partial charge in [-0.1, -0.05) is 89.9 Å². The van der Waals surface area contributed by atoms with E-state index in [4.69, 9.17) is 9.47 Å². The average Bonchev–Trinajstić information content (AvgIpc) is 3.77. The molecule has 2 atom stereocenters. The molecule has 4 N–H and O–H groups in total. The Bertz CT molecular complexity index is 1010. The summed E-state index contributed by atoms with van der Waals surface area (Å²) in [5, 5.41) is 5.58. The van der Waals surface area contributed by atoms with Crippen LogP contribution in [0.15, 0.2) is 25.0 Å². The minimum Gasteiger partial charge on any atom is -0.467 e. The minimum atomic E-state index is -0.704. The van der Waals surface area contributed by atoms with Gasteiger partial charge in [-0.15, -0.1) is 0 Å². The second kappa shape index (κ2) is 24.5. The average molecular weight is 645 g/mol. The first-order valence-electron chi connectivity index (χ1n) is 17.1. The number of hydrogen-bond donors (Lipinski definition) is 4. The maximum absolute atomic E-state index is 12.3. The maximum atomic E-state index is 12.3. The lowest BCUT2D eigenvalue weighted by atomic mass is 10.0. The summed E-state index contributed by atoms with van der Waals surface area (Å²) in [7, 11) is 2.65. The summed E-state index contributed by atoms with van der Waals surface area (Å²) in [5.74, 6) is -1.15. The Hall–Kier alpha value is -3.70. The Morgan fingerprint density at radius 2 is 0.870 bits per heavy atom. The van der Waals surface area contributed by atoms with Crippen molar-refractivity contribution in [2.45, 2.75) is 141 Å². The van der Waals surface area contributed by atoms with E-state index in [9.17, 15) is 19.2 Å². The summed E-state index contributed by atoms with van der Waals surface area (Å²) in [4.78, 5) is 62.4. The lowest BCUT2D eigenvalue weighted by Crippen LogP contribution is -2.43. The van der Waals surface area contributed by atoms with Crippen molar-refractivity contribution in [2.24, 2.45) is 0 Å². The molecule has 2 rings (SSSR count). The molecular weight excluding hydrogens is 588 g/mol. The van der Waals surface area contributed by atoms with Crippen molar-refractivity contribution in [2.75, 3.05) is 14.2 Å². The predicted molar refractivity (Wildman–Crippen MR) is 176 cm³/mol. The first kappa shape index (κ1) is 38.5.